The molecule has 0 N–H and O–H groups in total. The molecule has 0 aromatic heterocycles. The van der Waals surface area contributed by atoms with Gasteiger partial charge in [0.25, 0.3) is 0 Å². The number of esters is 1. The lowest BCUT2D eigenvalue weighted by Crippen LogP contribution is -2.27. The van der Waals surface area contributed by atoms with Crippen molar-refractivity contribution in [2.45, 2.75) is 65.7 Å². The Balaban J connectivity index is 1.94. The van der Waals surface area contributed by atoms with Crippen LogP contribution < -0.4 is 0 Å². The smallest absolute Gasteiger partial charge is 0.312 e. The third kappa shape index (κ3) is 3.21. The van der Waals surface area contributed by atoms with E-state index >= 15 is 0 Å². The van der Waals surface area contributed by atoms with Crippen LogP contribution in [-0.4, -0.2) is 12.6 Å². The average molecular weight is 264 g/mol. The van der Waals surface area contributed by atoms with Crippen LogP contribution in [0, 0.1) is 17.3 Å². The van der Waals surface area contributed by atoms with Crippen molar-refractivity contribution in [3.63, 3.8) is 0 Å². The van der Waals surface area contributed by atoms with Crippen molar-refractivity contribution in [1.82, 2.24) is 0 Å². The molecule has 2 heteroatoms. The molecule has 2 atom stereocenters. The predicted octanol–water partition coefficient (Wildman–Crippen LogP) is 4.49. The molecule has 2 nitrogen and oxygen atoms in total. The van der Waals surface area contributed by atoms with E-state index in [4.69, 9.17) is 4.74 Å². The summed E-state index contributed by atoms with van der Waals surface area (Å²) >= 11 is 0. The van der Waals surface area contributed by atoms with Crippen LogP contribution in [0.5, 0.6) is 0 Å². The zero-order valence-electron chi connectivity index (χ0n) is 12.7. The van der Waals surface area contributed by atoms with Gasteiger partial charge in [-0.05, 0) is 57.3 Å². The van der Waals surface area contributed by atoms with Crippen molar-refractivity contribution in [1.29, 1.82) is 0 Å². The summed E-state index contributed by atoms with van der Waals surface area (Å²) in [7, 11) is 0. The lowest BCUT2D eigenvalue weighted by atomic mass is 9.68. The Morgan fingerprint density at radius 3 is 2.68 bits per heavy atom. The summed E-state index contributed by atoms with van der Waals surface area (Å²) < 4.78 is 5.12. The molecule has 1 saturated carbocycles. The van der Waals surface area contributed by atoms with Crippen LogP contribution in [0.1, 0.15) is 65.7 Å². The van der Waals surface area contributed by atoms with Crippen LogP contribution in [0.15, 0.2) is 11.6 Å². The van der Waals surface area contributed by atoms with E-state index in [2.05, 4.69) is 13.0 Å². The maximum absolute atomic E-state index is 11.8. The van der Waals surface area contributed by atoms with Crippen LogP contribution in [0.25, 0.3) is 0 Å². The summed E-state index contributed by atoms with van der Waals surface area (Å²) in [6, 6.07) is 0. The van der Waals surface area contributed by atoms with Gasteiger partial charge < -0.3 is 4.74 Å². The number of carbonyl (C=O) groups is 1. The maximum Gasteiger partial charge on any atom is 0.312 e. The summed E-state index contributed by atoms with van der Waals surface area (Å²) in [5, 5.41) is 0. The van der Waals surface area contributed by atoms with Crippen molar-refractivity contribution >= 4 is 5.97 Å². The maximum atomic E-state index is 11.8. The minimum absolute atomic E-state index is 0.0442. The minimum Gasteiger partial charge on any atom is -0.466 e. The molecule has 0 heterocycles. The Hall–Kier alpha value is -0.790. The molecule has 2 rings (SSSR count). The van der Waals surface area contributed by atoms with E-state index in [1.54, 1.807) is 0 Å². The van der Waals surface area contributed by atoms with E-state index in [-0.39, 0.29) is 11.9 Å². The first-order chi connectivity index (χ1) is 9.07. The van der Waals surface area contributed by atoms with Crippen molar-refractivity contribution in [2.24, 2.45) is 17.3 Å². The number of carbonyl (C=O) groups excluding carboxylic acids is 1. The molecule has 0 aliphatic heterocycles. The monoisotopic (exact) mass is 264 g/mol. The van der Waals surface area contributed by atoms with Crippen molar-refractivity contribution < 1.29 is 9.53 Å². The van der Waals surface area contributed by atoms with Crippen LogP contribution in [0.4, 0.5) is 0 Å². The highest BCUT2D eigenvalue weighted by atomic mass is 16.5. The third-order valence-electron chi connectivity index (χ3n) is 5.37. The van der Waals surface area contributed by atoms with E-state index in [0.717, 1.165) is 18.8 Å². The second-order valence-electron chi connectivity index (χ2n) is 6.59. The Morgan fingerprint density at radius 2 is 2.16 bits per heavy atom. The molecule has 0 aromatic carbocycles. The summed E-state index contributed by atoms with van der Waals surface area (Å²) in [5.41, 5.74) is 1.87. The van der Waals surface area contributed by atoms with Gasteiger partial charge in [0.2, 0.25) is 0 Å². The molecular weight excluding hydrogens is 236 g/mol. The lowest BCUT2D eigenvalue weighted by Gasteiger charge is -2.37. The topological polar surface area (TPSA) is 26.3 Å². The number of allylic oxidation sites excluding steroid dienone is 1. The van der Waals surface area contributed by atoms with Gasteiger partial charge in [0, 0.05) is 0 Å². The highest BCUT2D eigenvalue weighted by Crippen LogP contribution is 2.49. The fourth-order valence-corrected chi connectivity index (χ4v) is 3.89. The van der Waals surface area contributed by atoms with Gasteiger partial charge in [-0.3, -0.25) is 4.79 Å². The second kappa shape index (κ2) is 6.11. The van der Waals surface area contributed by atoms with Gasteiger partial charge in [-0.1, -0.05) is 31.4 Å². The van der Waals surface area contributed by atoms with Crippen LogP contribution >= 0.6 is 0 Å². The average Bonchev–Trinajstić information content (AvgIpc) is 2.86. The predicted molar refractivity (Wildman–Crippen MR) is 77.8 cm³/mol. The second-order valence-corrected chi connectivity index (χ2v) is 6.59. The van der Waals surface area contributed by atoms with Gasteiger partial charge in [0.15, 0.2) is 0 Å². The number of hydrogen-bond donors (Lipinski definition) is 0. The molecule has 0 bridgehead atoms. The van der Waals surface area contributed by atoms with Crippen LogP contribution in [-0.2, 0) is 9.53 Å². The lowest BCUT2D eigenvalue weighted by molar-refractivity contribution is -0.146. The summed E-state index contributed by atoms with van der Waals surface area (Å²) in [5.74, 6) is 0.727. The molecule has 0 saturated heterocycles. The van der Waals surface area contributed by atoms with Gasteiger partial charge in [0.05, 0.1) is 12.5 Å². The van der Waals surface area contributed by atoms with E-state index < -0.39 is 0 Å². The molecule has 0 radical (unpaired) electrons. The molecule has 0 amide bonds. The summed E-state index contributed by atoms with van der Waals surface area (Å²) in [4.78, 5) is 11.8. The van der Waals surface area contributed by atoms with Gasteiger partial charge in [-0.2, -0.15) is 0 Å². The van der Waals surface area contributed by atoms with Crippen molar-refractivity contribution in [3.05, 3.63) is 11.6 Å². The Morgan fingerprint density at radius 1 is 1.47 bits per heavy atom. The molecule has 2 aliphatic rings. The highest BCUT2D eigenvalue weighted by Gasteiger charge is 2.37. The van der Waals surface area contributed by atoms with E-state index in [1.807, 2.05) is 13.8 Å². The summed E-state index contributed by atoms with van der Waals surface area (Å²) in [6.45, 7) is 6.81. The molecular formula is C17H28O2. The molecule has 2 aliphatic carbocycles. The Labute approximate surface area is 117 Å². The van der Waals surface area contributed by atoms with Crippen LogP contribution in [0.2, 0.25) is 0 Å². The standard InChI is InChI=1S/C17H28O2/c1-4-19-16(18)13(2)14-7-9-15(10-8-14)17(3)11-5-6-12-17/h7,13,15H,4-6,8-12H2,1-3H3/t13-,15+/m0/s1. The van der Waals surface area contributed by atoms with Crippen molar-refractivity contribution in [3.8, 4) is 0 Å². The molecule has 1 fully saturated rings. The van der Waals surface area contributed by atoms with Gasteiger partial charge in [0.1, 0.15) is 0 Å². The zero-order valence-corrected chi connectivity index (χ0v) is 12.7. The first-order valence-electron chi connectivity index (χ1n) is 7.92. The highest BCUT2D eigenvalue weighted by molar-refractivity contribution is 5.75. The molecule has 0 unspecified atom stereocenters. The first-order valence-corrected chi connectivity index (χ1v) is 7.92. The normalized spacial score (nSPS) is 27.7. The van der Waals surface area contributed by atoms with E-state index in [9.17, 15) is 4.79 Å². The SMILES string of the molecule is CCOC(=O)[C@@H](C)C1=CC[C@@H](C2(C)CCCC2)CC1. The number of hydrogen-bond acceptors (Lipinski definition) is 2. The number of ether oxygens (including phenoxy) is 1. The largest absolute Gasteiger partial charge is 0.466 e. The Kier molecular flexibility index (Phi) is 4.70. The number of rotatable bonds is 4. The molecule has 108 valence electrons. The van der Waals surface area contributed by atoms with Gasteiger partial charge in [-0.15, -0.1) is 0 Å². The first kappa shape index (κ1) is 14.6. The Bertz CT molecular complexity index is 350. The third-order valence-corrected chi connectivity index (χ3v) is 5.37. The fourth-order valence-electron chi connectivity index (χ4n) is 3.89. The van der Waals surface area contributed by atoms with E-state index in [1.165, 1.54) is 37.7 Å². The van der Waals surface area contributed by atoms with Crippen LogP contribution in [0.3, 0.4) is 0 Å². The van der Waals surface area contributed by atoms with Gasteiger partial charge in [-0.25, -0.2) is 0 Å². The quantitative estimate of drug-likeness (QED) is 0.552. The fraction of sp³-hybridized carbons (Fsp3) is 0.824. The van der Waals surface area contributed by atoms with Gasteiger partial charge >= 0.3 is 5.97 Å². The zero-order chi connectivity index (χ0) is 13.9. The molecule has 19 heavy (non-hydrogen) atoms. The van der Waals surface area contributed by atoms with Crippen molar-refractivity contribution in [2.75, 3.05) is 6.61 Å². The molecule has 0 spiro atoms. The summed E-state index contributed by atoms with van der Waals surface area (Å²) in [6.07, 6.45) is 11.4. The minimum atomic E-state index is -0.0562. The van der Waals surface area contributed by atoms with E-state index in [0.29, 0.717) is 12.0 Å². The molecule has 0 aromatic rings.